The van der Waals surface area contributed by atoms with E-state index in [0.29, 0.717) is 13.0 Å². The van der Waals surface area contributed by atoms with Crippen LogP contribution in [0.1, 0.15) is 36.4 Å². The van der Waals surface area contributed by atoms with Gasteiger partial charge in [0.25, 0.3) is 0 Å². The van der Waals surface area contributed by atoms with Crippen LogP contribution in [0.3, 0.4) is 0 Å². The number of aliphatic hydroxyl groups excluding tert-OH is 1. The Labute approximate surface area is 112 Å². The normalized spacial score (nSPS) is 11.5. The molecule has 0 aromatic carbocycles. The summed E-state index contributed by atoms with van der Waals surface area (Å²) in [6.07, 6.45) is 1.35. The van der Waals surface area contributed by atoms with Gasteiger partial charge < -0.3 is 10.4 Å². The highest BCUT2D eigenvalue weighted by Gasteiger charge is 2.09. The van der Waals surface area contributed by atoms with Crippen LogP contribution in [0.5, 0.6) is 0 Å². The van der Waals surface area contributed by atoms with Crippen LogP contribution in [0.25, 0.3) is 0 Å². The molecule has 0 aliphatic heterocycles. The van der Waals surface area contributed by atoms with Gasteiger partial charge in [-0.15, -0.1) is 11.3 Å². The second-order valence-corrected chi connectivity index (χ2v) is 5.24. The summed E-state index contributed by atoms with van der Waals surface area (Å²) in [6.45, 7) is 4.59. The summed E-state index contributed by atoms with van der Waals surface area (Å²) in [5.74, 6) is 6.02. The van der Waals surface area contributed by atoms with E-state index >= 15 is 0 Å². The maximum Gasteiger partial charge on any atom is 0.223 e. The van der Waals surface area contributed by atoms with Gasteiger partial charge in [0, 0.05) is 17.2 Å². The van der Waals surface area contributed by atoms with Crippen molar-refractivity contribution in [2.24, 2.45) is 5.92 Å². The van der Waals surface area contributed by atoms with E-state index in [-0.39, 0.29) is 18.4 Å². The average Bonchev–Trinajstić information content (AvgIpc) is 2.83. The lowest BCUT2D eigenvalue weighted by Gasteiger charge is -2.08. The quantitative estimate of drug-likeness (QED) is 0.801. The molecule has 1 atom stereocenters. The van der Waals surface area contributed by atoms with E-state index in [0.717, 1.165) is 16.2 Å². The summed E-state index contributed by atoms with van der Waals surface area (Å²) >= 11 is 1.57. The number of hydrogen-bond acceptors (Lipinski definition) is 3. The minimum absolute atomic E-state index is 0.0637. The topological polar surface area (TPSA) is 49.3 Å². The zero-order chi connectivity index (χ0) is 13.4. The molecule has 1 unspecified atom stereocenters. The molecule has 1 amide bonds. The maximum absolute atomic E-state index is 11.6. The fourth-order valence-electron chi connectivity index (χ4n) is 1.28. The van der Waals surface area contributed by atoms with Gasteiger partial charge in [0.1, 0.15) is 0 Å². The van der Waals surface area contributed by atoms with Crippen molar-refractivity contribution in [1.29, 1.82) is 0 Å². The molecule has 3 nitrogen and oxygen atoms in total. The SMILES string of the molecule is CCC(C)C(=O)NCc1ccc(C#CCCO)s1. The minimum Gasteiger partial charge on any atom is -0.395 e. The number of rotatable bonds is 5. The Bertz CT molecular complexity index is 442. The predicted molar refractivity (Wildman–Crippen MR) is 74.2 cm³/mol. The third-order valence-corrected chi connectivity index (χ3v) is 3.61. The Morgan fingerprint density at radius 1 is 1.56 bits per heavy atom. The van der Waals surface area contributed by atoms with Crippen molar-refractivity contribution in [2.75, 3.05) is 6.61 Å². The van der Waals surface area contributed by atoms with E-state index in [9.17, 15) is 4.79 Å². The average molecular weight is 265 g/mol. The Morgan fingerprint density at radius 3 is 3.00 bits per heavy atom. The number of hydrogen-bond donors (Lipinski definition) is 2. The lowest BCUT2D eigenvalue weighted by Crippen LogP contribution is -2.27. The molecule has 2 N–H and O–H groups in total. The standard InChI is InChI=1S/C14H19NO2S/c1-3-11(2)14(17)15-10-13-8-7-12(18-13)6-4-5-9-16/h7-8,11,16H,3,5,9-10H2,1-2H3,(H,15,17). The van der Waals surface area contributed by atoms with Crippen molar-refractivity contribution in [1.82, 2.24) is 5.32 Å². The van der Waals surface area contributed by atoms with Crippen LogP contribution in [0.2, 0.25) is 0 Å². The molecular weight excluding hydrogens is 246 g/mol. The Hall–Kier alpha value is -1.31. The summed E-state index contributed by atoms with van der Waals surface area (Å²) in [4.78, 5) is 13.7. The molecular formula is C14H19NO2S. The van der Waals surface area contributed by atoms with E-state index in [1.807, 2.05) is 26.0 Å². The summed E-state index contributed by atoms with van der Waals surface area (Å²) in [7, 11) is 0. The first-order chi connectivity index (χ1) is 8.67. The van der Waals surface area contributed by atoms with Gasteiger partial charge in [-0.3, -0.25) is 4.79 Å². The summed E-state index contributed by atoms with van der Waals surface area (Å²) in [6, 6.07) is 3.92. The Morgan fingerprint density at radius 2 is 2.33 bits per heavy atom. The van der Waals surface area contributed by atoms with Crippen LogP contribution < -0.4 is 5.32 Å². The molecule has 1 aromatic rings. The highest BCUT2D eigenvalue weighted by atomic mass is 32.1. The maximum atomic E-state index is 11.6. The molecule has 18 heavy (non-hydrogen) atoms. The molecule has 0 fully saturated rings. The van der Waals surface area contributed by atoms with Crippen LogP contribution in [-0.4, -0.2) is 17.6 Å². The molecule has 1 aromatic heterocycles. The van der Waals surface area contributed by atoms with E-state index in [2.05, 4.69) is 17.2 Å². The lowest BCUT2D eigenvalue weighted by molar-refractivity contribution is -0.124. The first kappa shape index (κ1) is 14.7. The molecule has 0 aliphatic rings. The van der Waals surface area contributed by atoms with Crippen molar-refractivity contribution < 1.29 is 9.90 Å². The lowest BCUT2D eigenvalue weighted by atomic mass is 10.1. The third-order valence-electron chi connectivity index (χ3n) is 2.61. The number of carbonyl (C=O) groups excluding carboxylic acids is 1. The van der Waals surface area contributed by atoms with Crippen molar-refractivity contribution in [3.05, 3.63) is 21.9 Å². The Balaban J connectivity index is 2.45. The molecule has 4 heteroatoms. The molecule has 1 heterocycles. The van der Waals surface area contributed by atoms with Gasteiger partial charge in [0.2, 0.25) is 5.91 Å². The van der Waals surface area contributed by atoms with Crippen molar-refractivity contribution in [2.45, 2.75) is 33.2 Å². The van der Waals surface area contributed by atoms with Crippen LogP contribution in [0.15, 0.2) is 12.1 Å². The molecule has 0 spiro atoms. The fraction of sp³-hybridized carbons (Fsp3) is 0.500. The third kappa shape index (κ3) is 4.91. The van der Waals surface area contributed by atoms with Gasteiger partial charge in [0.05, 0.1) is 18.0 Å². The van der Waals surface area contributed by atoms with E-state index < -0.39 is 0 Å². The van der Waals surface area contributed by atoms with Crippen LogP contribution in [0.4, 0.5) is 0 Å². The van der Waals surface area contributed by atoms with Gasteiger partial charge in [-0.1, -0.05) is 25.7 Å². The summed E-state index contributed by atoms with van der Waals surface area (Å²) in [5.41, 5.74) is 0. The molecule has 0 radical (unpaired) electrons. The summed E-state index contributed by atoms with van der Waals surface area (Å²) in [5, 5.41) is 11.5. The van der Waals surface area contributed by atoms with Crippen molar-refractivity contribution in [3.8, 4) is 11.8 Å². The first-order valence-electron chi connectivity index (χ1n) is 6.13. The van der Waals surface area contributed by atoms with E-state index in [1.54, 1.807) is 11.3 Å². The van der Waals surface area contributed by atoms with Crippen LogP contribution in [-0.2, 0) is 11.3 Å². The predicted octanol–water partition coefficient (Wildman–Crippen LogP) is 2.14. The number of carbonyl (C=O) groups is 1. The number of thiophene rings is 1. The fourth-order valence-corrected chi connectivity index (χ4v) is 2.10. The molecule has 98 valence electrons. The Kier molecular flexibility index (Phi) is 6.48. The molecule has 0 saturated heterocycles. The van der Waals surface area contributed by atoms with Gasteiger partial charge in [0.15, 0.2) is 0 Å². The number of aliphatic hydroxyl groups is 1. The van der Waals surface area contributed by atoms with Crippen LogP contribution in [0, 0.1) is 17.8 Å². The van der Waals surface area contributed by atoms with E-state index in [4.69, 9.17) is 5.11 Å². The largest absolute Gasteiger partial charge is 0.395 e. The van der Waals surface area contributed by atoms with Crippen molar-refractivity contribution in [3.63, 3.8) is 0 Å². The highest BCUT2D eigenvalue weighted by molar-refractivity contribution is 7.12. The summed E-state index contributed by atoms with van der Waals surface area (Å²) < 4.78 is 0. The van der Waals surface area contributed by atoms with Gasteiger partial charge >= 0.3 is 0 Å². The highest BCUT2D eigenvalue weighted by Crippen LogP contribution is 2.15. The smallest absolute Gasteiger partial charge is 0.223 e. The van der Waals surface area contributed by atoms with Crippen molar-refractivity contribution >= 4 is 17.2 Å². The van der Waals surface area contributed by atoms with Gasteiger partial charge in [-0.25, -0.2) is 0 Å². The van der Waals surface area contributed by atoms with Crippen LogP contribution >= 0.6 is 11.3 Å². The molecule has 1 rings (SSSR count). The molecule has 0 aliphatic carbocycles. The zero-order valence-electron chi connectivity index (χ0n) is 10.8. The number of amides is 1. The minimum atomic E-state index is 0.0637. The first-order valence-corrected chi connectivity index (χ1v) is 6.95. The number of nitrogens with one attached hydrogen (secondary N) is 1. The zero-order valence-corrected chi connectivity index (χ0v) is 11.6. The monoisotopic (exact) mass is 265 g/mol. The second kappa shape index (κ2) is 7.91. The van der Waals surface area contributed by atoms with Gasteiger partial charge in [-0.2, -0.15) is 0 Å². The van der Waals surface area contributed by atoms with E-state index in [1.165, 1.54) is 0 Å². The molecule has 0 saturated carbocycles. The van der Waals surface area contributed by atoms with Gasteiger partial charge in [-0.05, 0) is 18.6 Å². The molecule has 0 bridgehead atoms. The second-order valence-electron chi connectivity index (χ2n) is 4.07.